The molecular formula is C27H36O8. The van der Waals surface area contributed by atoms with E-state index < -0.39 is 30.7 Å². The van der Waals surface area contributed by atoms with Crippen LogP contribution in [0.25, 0.3) is 0 Å². The third-order valence-corrected chi connectivity index (χ3v) is 10.3. The van der Waals surface area contributed by atoms with Gasteiger partial charge < -0.3 is 29.5 Å². The highest BCUT2D eigenvalue weighted by Crippen LogP contribution is 2.66. The second kappa shape index (κ2) is 8.30. The number of epoxide rings is 1. The number of allylic oxidation sites excluding steroid dienone is 4. The third-order valence-electron chi connectivity index (χ3n) is 10.3. The SMILES string of the molecule is CC12C=CC(=O)C=C1CCC1C2C(O)CC2(C)C(C(=O)COC3OC(CO)C4OC4C3O)CCC12. The molecule has 35 heavy (non-hydrogen) atoms. The Hall–Kier alpha value is -1.42. The molecule has 6 rings (SSSR count). The van der Waals surface area contributed by atoms with Crippen LogP contribution in [0.5, 0.6) is 0 Å². The smallest absolute Gasteiger partial charge is 0.187 e. The molecule has 8 heteroatoms. The summed E-state index contributed by atoms with van der Waals surface area (Å²) in [4.78, 5) is 25.4. The van der Waals surface area contributed by atoms with Gasteiger partial charge in [0.15, 0.2) is 17.9 Å². The lowest BCUT2D eigenvalue weighted by Gasteiger charge is -2.58. The third kappa shape index (κ3) is 3.55. The molecule has 2 heterocycles. The number of aliphatic hydroxyl groups excluding tert-OH is 3. The van der Waals surface area contributed by atoms with Gasteiger partial charge in [-0.3, -0.25) is 9.59 Å². The van der Waals surface area contributed by atoms with Gasteiger partial charge in [0.1, 0.15) is 31.0 Å². The fourth-order valence-corrected chi connectivity index (χ4v) is 8.60. The zero-order chi connectivity index (χ0) is 24.7. The number of aliphatic hydroxyl groups is 3. The molecule has 3 N–H and O–H groups in total. The molecular weight excluding hydrogens is 452 g/mol. The summed E-state index contributed by atoms with van der Waals surface area (Å²) >= 11 is 0. The van der Waals surface area contributed by atoms with E-state index in [1.807, 2.05) is 6.08 Å². The highest BCUT2D eigenvalue weighted by molar-refractivity contribution is 6.01. The van der Waals surface area contributed by atoms with Crippen LogP contribution >= 0.6 is 0 Å². The number of hydrogen-bond donors (Lipinski definition) is 3. The summed E-state index contributed by atoms with van der Waals surface area (Å²) in [6.07, 6.45) is 5.58. The Bertz CT molecular complexity index is 974. The fourth-order valence-electron chi connectivity index (χ4n) is 8.60. The van der Waals surface area contributed by atoms with Crippen LogP contribution in [0.2, 0.25) is 0 Å². The molecule has 0 aromatic rings. The summed E-state index contributed by atoms with van der Waals surface area (Å²) < 4.78 is 16.7. The maximum atomic E-state index is 13.4. The van der Waals surface area contributed by atoms with E-state index in [9.17, 15) is 24.9 Å². The number of hydrogen-bond acceptors (Lipinski definition) is 8. The summed E-state index contributed by atoms with van der Waals surface area (Å²) in [5.41, 5.74) is 0.488. The lowest BCUT2D eigenvalue weighted by molar-refractivity contribution is -0.234. The molecule has 5 fully saturated rings. The molecule has 12 atom stereocenters. The Labute approximate surface area is 205 Å². The number of Topliss-reactive ketones (excluding diaryl/α,β-unsaturated/α-hetero) is 1. The second-order valence-corrected chi connectivity index (χ2v) is 12.0. The summed E-state index contributed by atoms with van der Waals surface area (Å²) in [5.74, 6) is 0.434. The average Bonchev–Trinajstić information content (AvgIpc) is 3.55. The van der Waals surface area contributed by atoms with Crippen LogP contribution in [-0.2, 0) is 23.8 Å². The van der Waals surface area contributed by atoms with Gasteiger partial charge in [-0.2, -0.15) is 0 Å². The first-order valence-electron chi connectivity index (χ1n) is 13.0. The van der Waals surface area contributed by atoms with Crippen molar-refractivity contribution in [1.29, 1.82) is 0 Å². The van der Waals surface area contributed by atoms with Gasteiger partial charge in [0.05, 0.1) is 12.7 Å². The van der Waals surface area contributed by atoms with Crippen LogP contribution in [-0.4, -0.2) is 76.9 Å². The standard InChI is InChI=1S/C27H36O8/c1-26-8-7-14(29)9-13(26)3-4-15-16-5-6-17(27(16,2)10-18(30)21(15)26)19(31)12-33-25-22(32)24-23(35-24)20(11-28)34-25/h7-9,15-18,20-25,28,30,32H,3-6,10-12H2,1-2H3. The zero-order valence-electron chi connectivity index (χ0n) is 20.3. The lowest BCUT2D eigenvalue weighted by Crippen LogP contribution is -2.56. The molecule has 2 saturated heterocycles. The van der Waals surface area contributed by atoms with Gasteiger partial charge in [-0.05, 0) is 61.5 Å². The van der Waals surface area contributed by atoms with Crippen LogP contribution in [0.1, 0.15) is 46.0 Å². The van der Waals surface area contributed by atoms with Crippen molar-refractivity contribution in [3.05, 3.63) is 23.8 Å². The van der Waals surface area contributed by atoms with Crippen LogP contribution in [0.15, 0.2) is 23.8 Å². The van der Waals surface area contributed by atoms with E-state index in [1.165, 1.54) is 0 Å². The van der Waals surface area contributed by atoms with Gasteiger partial charge in [0, 0.05) is 17.3 Å². The highest BCUT2D eigenvalue weighted by Gasteiger charge is 2.63. The predicted molar refractivity (Wildman–Crippen MR) is 123 cm³/mol. The van der Waals surface area contributed by atoms with E-state index in [0.717, 1.165) is 31.3 Å². The molecule has 2 aliphatic heterocycles. The monoisotopic (exact) mass is 488 g/mol. The van der Waals surface area contributed by atoms with Gasteiger partial charge in [-0.1, -0.05) is 25.5 Å². The summed E-state index contributed by atoms with van der Waals surface area (Å²) in [6.45, 7) is 3.89. The molecule has 0 aromatic heterocycles. The summed E-state index contributed by atoms with van der Waals surface area (Å²) in [5, 5.41) is 31.3. The minimum absolute atomic E-state index is 0.0263. The molecule has 0 radical (unpaired) electrons. The fraction of sp³-hybridized carbons (Fsp3) is 0.778. The number of rotatable bonds is 5. The van der Waals surface area contributed by atoms with Gasteiger partial charge in [0.25, 0.3) is 0 Å². The molecule has 6 aliphatic rings. The van der Waals surface area contributed by atoms with Gasteiger partial charge in [-0.15, -0.1) is 0 Å². The molecule has 0 spiro atoms. The molecule has 8 nitrogen and oxygen atoms in total. The number of carbonyl (C=O) groups excluding carboxylic acids is 2. The van der Waals surface area contributed by atoms with Crippen molar-refractivity contribution in [1.82, 2.24) is 0 Å². The van der Waals surface area contributed by atoms with Crippen molar-refractivity contribution in [2.45, 2.75) is 82.8 Å². The Kier molecular flexibility index (Phi) is 5.68. The minimum Gasteiger partial charge on any atom is -0.394 e. The summed E-state index contributed by atoms with van der Waals surface area (Å²) in [6, 6.07) is 0. The van der Waals surface area contributed by atoms with Crippen molar-refractivity contribution in [2.75, 3.05) is 13.2 Å². The van der Waals surface area contributed by atoms with Crippen molar-refractivity contribution in [3.8, 4) is 0 Å². The first-order valence-corrected chi connectivity index (χ1v) is 13.0. The summed E-state index contributed by atoms with van der Waals surface area (Å²) in [7, 11) is 0. The van der Waals surface area contributed by atoms with E-state index in [1.54, 1.807) is 12.2 Å². The first-order chi connectivity index (χ1) is 16.7. The number of carbonyl (C=O) groups is 2. The number of fused-ring (bicyclic) bond motifs is 6. The Morgan fingerprint density at radius 1 is 1.17 bits per heavy atom. The van der Waals surface area contributed by atoms with Crippen LogP contribution < -0.4 is 0 Å². The van der Waals surface area contributed by atoms with E-state index in [2.05, 4.69) is 13.8 Å². The van der Waals surface area contributed by atoms with E-state index in [4.69, 9.17) is 14.2 Å². The Morgan fingerprint density at radius 2 is 1.97 bits per heavy atom. The molecule has 0 aromatic carbocycles. The topological polar surface area (TPSA) is 126 Å². The molecule has 192 valence electrons. The average molecular weight is 489 g/mol. The molecule has 0 amide bonds. The first kappa shape index (κ1) is 23.9. The Morgan fingerprint density at radius 3 is 2.74 bits per heavy atom. The molecule has 12 unspecified atom stereocenters. The normalized spacial score (nSPS) is 52.1. The van der Waals surface area contributed by atoms with E-state index >= 15 is 0 Å². The maximum Gasteiger partial charge on any atom is 0.187 e. The highest BCUT2D eigenvalue weighted by atomic mass is 16.7. The van der Waals surface area contributed by atoms with Crippen molar-refractivity contribution in [2.24, 2.45) is 34.5 Å². The van der Waals surface area contributed by atoms with E-state index in [0.29, 0.717) is 18.3 Å². The second-order valence-electron chi connectivity index (χ2n) is 12.0. The quantitative estimate of drug-likeness (QED) is 0.495. The van der Waals surface area contributed by atoms with Crippen LogP contribution in [0.4, 0.5) is 0 Å². The Balaban J connectivity index is 1.16. The predicted octanol–water partition coefficient (Wildman–Crippen LogP) is 1.31. The largest absolute Gasteiger partial charge is 0.394 e. The lowest BCUT2D eigenvalue weighted by atomic mass is 9.46. The zero-order valence-corrected chi connectivity index (χ0v) is 20.3. The molecule has 0 bridgehead atoms. The van der Waals surface area contributed by atoms with Crippen LogP contribution in [0.3, 0.4) is 0 Å². The van der Waals surface area contributed by atoms with Crippen molar-refractivity contribution >= 4 is 11.6 Å². The minimum atomic E-state index is -1.00. The van der Waals surface area contributed by atoms with Gasteiger partial charge >= 0.3 is 0 Å². The van der Waals surface area contributed by atoms with Crippen molar-refractivity contribution in [3.63, 3.8) is 0 Å². The molecule has 3 saturated carbocycles. The van der Waals surface area contributed by atoms with Gasteiger partial charge in [-0.25, -0.2) is 0 Å². The maximum absolute atomic E-state index is 13.4. The van der Waals surface area contributed by atoms with Gasteiger partial charge in [0.2, 0.25) is 0 Å². The van der Waals surface area contributed by atoms with Crippen LogP contribution in [0, 0.1) is 34.5 Å². The van der Waals surface area contributed by atoms with Crippen molar-refractivity contribution < 1.29 is 39.1 Å². The van der Waals surface area contributed by atoms with E-state index in [-0.39, 0.29) is 53.6 Å². The molecule has 4 aliphatic carbocycles. The number of ketones is 2. The number of ether oxygens (including phenoxy) is 3.